The van der Waals surface area contributed by atoms with E-state index >= 15 is 0 Å². The summed E-state index contributed by atoms with van der Waals surface area (Å²) in [5, 5.41) is 7.23. The fraction of sp³-hybridized carbons (Fsp3) is 1.00. The second-order valence-corrected chi connectivity index (χ2v) is 5.91. The number of rotatable bonds is 5. The summed E-state index contributed by atoms with van der Waals surface area (Å²) in [7, 11) is 2.26. The van der Waals surface area contributed by atoms with Crippen molar-refractivity contribution in [2.75, 3.05) is 39.8 Å². The van der Waals surface area contributed by atoms with Gasteiger partial charge in [-0.2, -0.15) is 0 Å². The van der Waals surface area contributed by atoms with Gasteiger partial charge in [-0.1, -0.05) is 6.42 Å². The van der Waals surface area contributed by atoms with E-state index in [9.17, 15) is 0 Å². The Kier molecular flexibility index (Phi) is 5.75. The van der Waals surface area contributed by atoms with Crippen LogP contribution < -0.4 is 10.6 Å². The predicted octanol–water partition coefficient (Wildman–Crippen LogP) is 1.45. The summed E-state index contributed by atoms with van der Waals surface area (Å²) in [6.45, 7) is 6.21. The minimum absolute atomic E-state index is 0.734. The van der Waals surface area contributed by atoms with E-state index in [2.05, 4.69) is 22.6 Å². The second-order valence-electron chi connectivity index (χ2n) is 5.91. The van der Waals surface area contributed by atoms with E-state index in [1.54, 1.807) is 0 Å². The molecule has 0 saturated carbocycles. The van der Waals surface area contributed by atoms with E-state index in [-0.39, 0.29) is 0 Å². The molecule has 2 saturated heterocycles. The van der Waals surface area contributed by atoms with Gasteiger partial charge in [-0.3, -0.25) is 0 Å². The van der Waals surface area contributed by atoms with Gasteiger partial charge in [-0.15, -0.1) is 0 Å². The Morgan fingerprint density at radius 1 is 1.24 bits per heavy atom. The molecule has 2 aliphatic heterocycles. The summed E-state index contributed by atoms with van der Waals surface area (Å²) in [5.41, 5.74) is 0. The first-order valence-corrected chi connectivity index (χ1v) is 7.47. The van der Waals surface area contributed by atoms with Crippen LogP contribution in [0.5, 0.6) is 0 Å². The van der Waals surface area contributed by atoms with Gasteiger partial charge >= 0.3 is 0 Å². The molecule has 2 atom stereocenters. The van der Waals surface area contributed by atoms with E-state index in [1.807, 2.05) is 0 Å². The standard InChI is InChI=1S/C14H29N3/c1-17-10-4-5-13(12-17)7-9-15-11-14-6-2-3-8-16-14/h13-16H,2-12H2,1H3. The van der Waals surface area contributed by atoms with Gasteiger partial charge in [0.25, 0.3) is 0 Å². The first-order chi connectivity index (χ1) is 8.34. The molecule has 17 heavy (non-hydrogen) atoms. The number of piperidine rings is 2. The zero-order valence-electron chi connectivity index (χ0n) is 11.4. The van der Waals surface area contributed by atoms with E-state index in [0.29, 0.717) is 0 Å². The highest BCUT2D eigenvalue weighted by molar-refractivity contribution is 4.75. The minimum atomic E-state index is 0.734. The summed E-state index contributed by atoms with van der Waals surface area (Å²) in [4.78, 5) is 2.48. The highest BCUT2D eigenvalue weighted by Gasteiger charge is 2.17. The molecule has 0 aromatic carbocycles. The summed E-state index contributed by atoms with van der Waals surface area (Å²) in [6.07, 6.45) is 8.33. The molecule has 0 amide bonds. The molecule has 3 heteroatoms. The highest BCUT2D eigenvalue weighted by Crippen LogP contribution is 2.17. The molecular formula is C14H29N3. The SMILES string of the molecule is CN1CCCC(CCNCC2CCCCN2)C1. The van der Waals surface area contributed by atoms with Crippen molar-refractivity contribution in [2.45, 2.75) is 44.6 Å². The number of hydrogen-bond acceptors (Lipinski definition) is 3. The van der Waals surface area contributed by atoms with Crippen LogP contribution in [0.25, 0.3) is 0 Å². The normalized spacial score (nSPS) is 31.6. The lowest BCUT2D eigenvalue weighted by molar-refractivity contribution is 0.201. The first kappa shape index (κ1) is 13.3. The van der Waals surface area contributed by atoms with Crippen LogP contribution in [0.15, 0.2) is 0 Å². The van der Waals surface area contributed by atoms with Crippen molar-refractivity contribution in [2.24, 2.45) is 5.92 Å². The van der Waals surface area contributed by atoms with Crippen molar-refractivity contribution < 1.29 is 0 Å². The molecule has 3 nitrogen and oxygen atoms in total. The Balaban J connectivity index is 1.50. The lowest BCUT2D eigenvalue weighted by atomic mass is 9.95. The lowest BCUT2D eigenvalue weighted by Crippen LogP contribution is -2.42. The van der Waals surface area contributed by atoms with Gasteiger partial charge in [0.05, 0.1) is 0 Å². The summed E-state index contributed by atoms with van der Waals surface area (Å²) in [5.74, 6) is 0.931. The predicted molar refractivity (Wildman–Crippen MR) is 73.3 cm³/mol. The van der Waals surface area contributed by atoms with Crippen LogP contribution in [0.1, 0.15) is 38.5 Å². The molecule has 100 valence electrons. The third-order valence-electron chi connectivity index (χ3n) is 4.25. The minimum Gasteiger partial charge on any atom is -0.315 e. The van der Waals surface area contributed by atoms with Crippen LogP contribution >= 0.6 is 0 Å². The summed E-state index contributed by atoms with van der Waals surface area (Å²) in [6, 6.07) is 0.734. The number of nitrogens with zero attached hydrogens (tertiary/aromatic N) is 1. The molecule has 0 aromatic heterocycles. The Morgan fingerprint density at radius 2 is 2.18 bits per heavy atom. The Morgan fingerprint density at radius 3 is 2.94 bits per heavy atom. The molecule has 2 heterocycles. The van der Waals surface area contributed by atoms with Gasteiger partial charge in [0.1, 0.15) is 0 Å². The largest absolute Gasteiger partial charge is 0.315 e. The van der Waals surface area contributed by atoms with E-state index < -0.39 is 0 Å². The fourth-order valence-electron chi connectivity index (χ4n) is 3.19. The van der Waals surface area contributed by atoms with Gasteiger partial charge < -0.3 is 15.5 Å². The number of likely N-dealkylation sites (tertiary alicyclic amines) is 1. The van der Waals surface area contributed by atoms with Crippen molar-refractivity contribution in [1.82, 2.24) is 15.5 Å². The van der Waals surface area contributed by atoms with E-state index in [4.69, 9.17) is 0 Å². The van der Waals surface area contributed by atoms with Crippen molar-refractivity contribution in [3.05, 3.63) is 0 Å². The van der Waals surface area contributed by atoms with Crippen LogP contribution in [0.4, 0.5) is 0 Å². The van der Waals surface area contributed by atoms with Gasteiger partial charge in [0.2, 0.25) is 0 Å². The van der Waals surface area contributed by atoms with Crippen molar-refractivity contribution in [3.63, 3.8) is 0 Å². The van der Waals surface area contributed by atoms with Crippen molar-refractivity contribution >= 4 is 0 Å². The van der Waals surface area contributed by atoms with Crippen LogP contribution in [-0.4, -0.2) is 50.7 Å². The summed E-state index contributed by atoms with van der Waals surface area (Å²) < 4.78 is 0. The molecule has 0 spiro atoms. The van der Waals surface area contributed by atoms with Crippen LogP contribution in [0.3, 0.4) is 0 Å². The maximum atomic E-state index is 3.64. The smallest absolute Gasteiger partial charge is 0.0192 e. The topological polar surface area (TPSA) is 27.3 Å². The van der Waals surface area contributed by atoms with Crippen LogP contribution in [0, 0.1) is 5.92 Å². The first-order valence-electron chi connectivity index (χ1n) is 7.47. The Labute approximate surface area is 106 Å². The van der Waals surface area contributed by atoms with Crippen molar-refractivity contribution in [1.29, 1.82) is 0 Å². The lowest BCUT2D eigenvalue weighted by Gasteiger charge is -2.30. The quantitative estimate of drug-likeness (QED) is 0.711. The third kappa shape index (κ3) is 4.94. The molecule has 2 rings (SSSR count). The van der Waals surface area contributed by atoms with Gasteiger partial charge in [0.15, 0.2) is 0 Å². The molecule has 0 bridgehead atoms. The third-order valence-corrected chi connectivity index (χ3v) is 4.25. The Hall–Kier alpha value is -0.120. The van der Waals surface area contributed by atoms with Gasteiger partial charge in [-0.25, -0.2) is 0 Å². The monoisotopic (exact) mass is 239 g/mol. The van der Waals surface area contributed by atoms with E-state index in [0.717, 1.165) is 12.0 Å². The zero-order chi connectivity index (χ0) is 11.9. The number of nitrogens with one attached hydrogen (secondary N) is 2. The highest BCUT2D eigenvalue weighted by atomic mass is 15.1. The van der Waals surface area contributed by atoms with E-state index in [1.165, 1.54) is 71.2 Å². The fourth-order valence-corrected chi connectivity index (χ4v) is 3.19. The molecular weight excluding hydrogens is 210 g/mol. The number of hydrogen-bond donors (Lipinski definition) is 2. The van der Waals surface area contributed by atoms with Crippen molar-refractivity contribution in [3.8, 4) is 0 Å². The average Bonchev–Trinajstić information content (AvgIpc) is 2.36. The van der Waals surface area contributed by atoms with Crippen LogP contribution in [0.2, 0.25) is 0 Å². The molecule has 2 N–H and O–H groups in total. The zero-order valence-corrected chi connectivity index (χ0v) is 11.4. The molecule has 2 unspecified atom stereocenters. The van der Waals surface area contributed by atoms with Crippen LogP contribution in [-0.2, 0) is 0 Å². The Bertz CT molecular complexity index is 202. The molecule has 0 aliphatic carbocycles. The average molecular weight is 239 g/mol. The second kappa shape index (κ2) is 7.34. The molecule has 0 radical (unpaired) electrons. The molecule has 0 aromatic rings. The van der Waals surface area contributed by atoms with Gasteiger partial charge in [0, 0.05) is 19.1 Å². The molecule has 2 fully saturated rings. The summed E-state index contributed by atoms with van der Waals surface area (Å²) >= 11 is 0. The molecule has 2 aliphatic rings. The van der Waals surface area contributed by atoms with Gasteiger partial charge in [-0.05, 0) is 64.7 Å². The maximum absolute atomic E-state index is 3.64. The maximum Gasteiger partial charge on any atom is 0.0192 e.